The van der Waals surface area contributed by atoms with Crippen LogP contribution < -0.4 is 27.4 Å². The smallest absolute Gasteiger partial charge is 0.219 e. The Balaban J connectivity index is -0.000000161. The summed E-state index contributed by atoms with van der Waals surface area (Å²) in [4.78, 5) is 30.2. The van der Waals surface area contributed by atoms with Crippen LogP contribution in [0.2, 0.25) is 0 Å². The molecule has 13 heteroatoms. The number of carbonyl (C=O) groups is 3. The topological polar surface area (TPSA) is 189 Å². The van der Waals surface area contributed by atoms with Crippen molar-refractivity contribution in [1.29, 1.82) is 0 Å². The van der Waals surface area contributed by atoms with E-state index in [0.29, 0.717) is 19.3 Å². The summed E-state index contributed by atoms with van der Waals surface area (Å²) in [5.74, 6) is 1.22. The van der Waals surface area contributed by atoms with Crippen LogP contribution in [0.25, 0.3) is 0 Å². The van der Waals surface area contributed by atoms with Crippen LogP contribution in [-0.2, 0) is 18.9 Å². The Kier molecular flexibility index (Phi) is 201. The van der Waals surface area contributed by atoms with E-state index in [1.165, 1.54) is 701 Å². The zero-order valence-electron chi connectivity index (χ0n) is 103. The monoisotopic (exact) mass is 2100 g/mol. The molecule has 3 amide bonds. The van der Waals surface area contributed by atoms with Crippen molar-refractivity contribution in [3.05, 3.63) is 24.3 Å². The highest BCUT2D eigenvalue weighted by Gasteiger charge is 2.06. The molecule has 30 aliphatic rings. The number of allylic oxidation sites excluding steroid dienone is 4. The number of aliphatic hydroxyl groups excluding tert-OH is 2. The molecular weight excluding hydrogens is 1810 g/mol. The van der Waals surface area contributed by atoms with Gasteiger partial charge in [0.05, 0.1) is 0 Å². The first-order valence-electron chi connectivity index (χ1n) is 65.5. The van der Waals surface area contributed by atoms with E-state index >= 15 is 0 Å². The Hall–Kier alpha value is -1.53. The Morgan fingerprint density at radius 3 is 0.234 bits per heavy atom. The average Bonchev–Trinajstić information content (AvgIpc) is 1.33. The van der Waals surface area contributed by atoms with E-state index in [1.54, 1.807) is 28.3 Å². The lowest BCUT2D eigenvalue weighted by molar-refractivity contribution is -0.121. The summed E-state index contributed by atoms with van der Waals surface area (Å²) in [6.07, 6.45) is 170. The second-order valence-electron chi connectivity index (χ2n) is 42.5. The highest BCUT2D eigenvalue weighted by atomic mass is 32.1. The maximum absolute atomic E-state index is 10.1. The molecule has 0 aromatic rings. The molecule has 0 aromatic carbocycles. The molecular formula is C132H280N5O6PS. The van der Waals surface area contributed by atoms with Crippen LogP contribution in [-0.4, -0.2) is 90.3 Å². The van der Waals surface area contributed by atoms with Gasteiger partial charge in [0, 0.05) is 61.7 Å². The summed E-state index contributed by atoms with van der Waals surface area (Å²) < 4.78 is 4.17. The molecule has 880 valence electrons. The molecule has 1 unspecified atom stereocenters. The first kappa shape index (κ1) is 163. The molecule has 0 heterocycles. The number of amides is 3. The first-order valence-corrected chi connectivity index (χ1v) is 66.6. The van der Waals surface area contributed by atoms with Crippen molar-refractivity contribution in [1.82, 2.24) is 16.0 Å². The first-order chi connectivity index (χ1) is 71.7. The molecule has 28 fully saturated rings. The fraction of sp³-hybridized carbons (Fsp3) is 0.947. The van der Waals surface area contributed by atoms with E-state index < -0.39 is 0 Å². The number of aliphatic hydroxyl groups is 2. The van der Waals surface area contributed by atoms with Crippen LogP contribution in [0.3, 0.4) is 0 Å². The molecule has 28 saturated carbocycles. The second kappa shape index (κ2) is 178. The molecule has 0 spiro atoms. The van der Waals surface area contributed by atoms with Crippen molar-refractivity contribution in [3.63, 3.8) is 0 Å². The molecule has 0 aromatic heterocycles. The van der Waals surface area contributed by atoms with Gasteiger partial charge in [0.15, 0.2) is 0 Å². The van der Waals surface area contributed by atoms with Gasteiger partial charge in [-0.1, -0.05) is 727 Å². The zero-order valence-corrected chi connectivity index (χ0v) is 105. The normalized spacial score (nSPS) is 19.5. The van der Waals surface area contributed by atoms with Gasteiger partial charge in [-0.3, -0.25) is 14.4 Å². The Labute approximate surface area is 924 Å². The van der Waals surface area contributed by atoms with Crippen molar-refractivity contribution in [2.24, 2.45) is 11.5 Å². The summed E-state index contributed by atoms with van der Waals surface area (Å²) in [6, 6.07) is 0. The van der Waals surface area contributed by atoms with Crippen LogP contribution >= 0.6 is 22.1 Å². The highest BCUT2D eigenvalue weighted by molar-refractivity contribution is 7.80. The lowest BCUT2D eigenvalue weighted by atomic mass is 10.0. The summed E-state index contributed by atoms with van der Waals surface area (Å²) in [7, 11) is 13.6. The van der Waals surface area contributed by atoms with E-state index in [1.807, 2.05) is 27.7 Å². The van der Waals surface area contributed by atoms with Gasteiger partial charge in [0.1, 0.15) is 0 Å². The molecule has 0 saturated heterocycles. The Morgan fingerprint density at radius 1 is 0.200 bits per heavy atom. The third-order valence-corrected chi connectivity index (χ3v) is 24.7. The van der Waals surface area contributed by atoms with Gasteiger partial charge in [-0.2, -0.15) is 12.6 Å². The van der Waals surface area contributed by atoms with Gasteiger partial charge < -0.3 is 42.2 Å². The number of carbonyl (C=O) groups excluding carboxylic acids is 3. The predicted octanol–water partition coefficient (Wildman–Crippen LogP) is 44.0. The molecule has 30 rings (SSSR count). The van der Waals surface area contributed by atoms with Crippen LogP contribution in [0.4, 0.5) is 0 Å². The lowest BCUT2D eigenvalue weighted by Gasteiger charge is -2.05. The molecule has 0 aliphatic heterocycles. The molecule has 1 atom stereocenters. The number of thiol groups is 1. The van der Waals surface area contributed by atoms with E-state index in [4.69, 9.17) is 10.2 Å². The number of nitrogens with one attached hydrogen (secondary N) is 3. The van der Waals surface area contributed by atoms with Crippen molar-refractivity contribution in [2.75, 3.05) is 62.3 Å². The minimum Gasteiger partial charge on any atom is -0.400 e. The van der Waals surface area contributed by atoms with Gasteiger partial charge in [0.2, 0.25) is 17.7 Å². The Morgan fingerprint density at radius 2 is 0.234 bits per heavy atom. The second-order valence-corrected chi connectivity index (χ2v) is 43.6. The maximum Gasteiger partial charge on any atom is 0.219 e. The fourth-order valence-corrected chi connectivity index (χ4v) is 5.36. The highest BCUT2D eigenvalue weighted by Crippen LogP contribution is 2.25. The van der Waals surface area contributed by atoms with Gasteiger partial charge in [0.25, 0.3) is 0 Å². The number of hydrogen-bond acceptors (Lipinski definition) is 9. The number of rotatable bonds is 3. The third-order valence-electron chi connectivity index (χ3n) is 24.7. The fourth-order valence-electron chi connectivity index (χ4n) is 5.36. The molecule has 0 radical (unpaired) electrons. The SMILES string of the molecule is C1=CCC1.C1=CCC1.C1CC1.C1CC1.C1CC1.C1CC1.C1CC1.C1CC1.C1CC1.C1CC1.C1CC1.C1CC1.C1CCC1.C1CCC1.C1CCC1.C1CCC1.C1CCC1.C1CCC1.C1CCC1.C1CCC1.C1CCC1.C1CCC1.C1CCC1.C1CCC1.C1CCC1.C1CCC1.C1CCC1.C1CCC1.C1CCC1.C1CCC1.CCC.CCC(=O)NC.CCC(=O)NC.CCC(=O)NC.CCS.CN.CN.CO.CO.COP. The number of nitrogens with two attached hydrogens (primary N) is 2. The lowest BCUT2D eigenvalue weighted by Crippen LogP contribution is -2.15. The molecule has 30 aliphatic carbocycles. The van der Waals surface area contributed by atoms with Gasteiger partial charge in [-0.25, -0.2) is 0 Å². The van der Waals surface area contributed by atoms with E-state index in [0.717, 1.165) is 20.0 Å². The van der Waals surface area contributed by atoms with E-state index in [2.05, 4.69) is 92.2 Å². The summed E-state index contributed by atoms with van der Waals surface area (Å²) in [5.41, 5.74) is 9.00. The molecule has 9 N–H and O–H groups in total. The van der Waals surface area contributed by atoms with Crippen LogP contribution in [0.15, 0.2) is 24.3 Å². The summed E-state index contributed by atoms with van der Waals surface area (Å²) in [5, 5.41) is 21.4. The average molecular weight is 2100 g/mol. The molecule has 145 heavy (non-hydrogen) atoms. The van der Waals surface area contributed by atoms with Gasteiger partial charge in [-0.05, 0) is 55.0 Å². The van der Waals surface area contributed by atoms with Crippen LogP contribution in [0.5, 0.6) is 0 Å². The minimum absolute atomic E-state index is 0.0926. The van der Waals surface area contributed by atoms with Crippen molar-refractivity contribution < 1.29 is 29.1 Å². The number of hydrogen-bond donors (Lipinski definition) is 8. The van der Waals surface area contributed by atoms with Crippen LogP contribution in [0, 0.1) is 0 Å². The predicted molar refractivity (Wildman–Crippen MR) is 669 cm³/mol. The third kappa shape index (κ3) is 278. The maximum atomic E-state index is 10.1. The summed E-state index contributed by atoms with van der Waals surface area (Å²) >= 11 is 3.79. The largest absolute Gasteiger partial charge is 0.400 e. The zero-order chi connectivity index (χ0) is 109. The molecule has 0 bridgehead atoms. The van der Waals surface area contributed by atoms with Crippen molar-refractivity contribution >= 4 is 39.8 Å². The van der Waals surface area contributed by atoms with E-state index in [-0.39, 0.29) is 17.7 Å². The van der Waals surface area contributed by atoms with Crippen molar-refractivity contribution in [2.45, 2.75) is 748 Å². The van der Waals surface area contributed by atoms with Gasteiger partial charge in [-0.15, -0.1) is 0 Å². The minimum atomic E-state index is 0.0926. The Bertz CT molecular complexity index is 1430. The standard InChI is InChI=1S/3C4H9NO.18C4H8.2C4H6.10C3H6.C3H8.C2H6S.2CH5N.CH5OP.2CH4O/c3*1-3-4(6)5-2;20*1-2-4-3-1;10*1-2-3-1;1-3-2;1-2-3;2*1-2;1-2-3;2*1-2/h3*3H2,1-2H3,(H,5,6);18*1-4H2;2*1-2H,3-4H2;10*1-3H2;3H2,1-2H3;3H,2H2,1H3;2*2H2,1H3;3H2,1H3;2*2H,1H3. The quantitative estimate of drug-likeness (QED) is 0.0778. The van der Waals surface area contributed by atoms with Gasteiger partial charge >= 0.3 is 0 Å². The molecule has 11 nitrogen and oxygen atoms in total. The van der Waals surface area contributed by atoms with Crippen molar-refractivity contribution in [3.8, 4) is 0 Å². The van der Waals surface area contributed by atoms with E-state index in [9.17, 15) is 14.4 Å². The summed E-state index contributed by atoms with van der Waals surface area (Å²) in [6.45, 7) is 11.7. The van der Waals surface area contributed by atoms with Crippen LogP contribution in [0.1, 0.15) is 748 Å².